The van der Waals surface area contributed by atoms with Crippen molar-refractivity contribution >= 4 is 27.0 Å². The molecule has 8 nitrogen and oxygen atoms in total. The molecule has 0 spiro atoms. The van der Waals surface area contributed by atoms with Gasteiger partial charge in [0.2, 0.25) is 16.0 Å². The Morgan fingerprint density at radius 3 is 2.62 bits per heavy atom. The first-order valence-electron chi connectivity index (χ1n) is 10.3. The lowest BCUT2D eigenvalue weighted by atomic mass is 9.97. The first-order valence-corrected chi connectivity index (χ1v) is 12.2. The molecule has 1 atom stereocenters. The second kappa shape index (κ2) is 8.79. The molecular formula is C20H31N5O3S. The summed E-state index contributed by atoms with van der Waals surface area (Å²) in [6.45, 7) is 7.09. The van der Waals surface area contributed by atoms with Crippen molar-refractivity contribution in [1.82, 2.24) is 19.3 Å². The lowest BCUT2D eigenvalue weighted by Crippen LogP contribution is -2.42. The van der Waals surface area contributed by atoms with Crippen molar-refractivity contribution in [2.75, 3.05) is 24.7 Å². The first-order chi connectivity index (χ1) is 13.7. The Hall–Kier alpha value is -2.00. The number of nitrogens with zero attached hydrogens (tertiary/aromatic N) is 3. The van der Waals surface area contributed by atoms with Crippen LogP contribution in [0, 0.1) is 6.92 Å². The second-order valence-electron chi connectivity index (χ2n) is 8.10. The number of rotatable bonds is 7. The Morgan fingerprint density at radius 1 is 1.31 bits per heavy atom. The molecule has 0 saturated carbocycles. The van der Waals surface area contributed by atoms with Crippen molar-refractivity contribution in [3.05, 3.63) is 27.7 Å². The molecular weight excluding hydrogens is 390 g/mol. The number of H-pyrrole nitrogens is 1. The van der Waals surface area contributed by atoms with Crippen LogP contribution in [-0.4, -0.2) is 53.1 Å². The number of sulfonamides is 1. The van der Waals surface area contributed by atoms with E-state index in [9.17, 15) is 13.2 Å². The average molecular weight is 422 g/mol. The average Bonchev–Trinajstić information content (AvgIpc) is 2.66. The zero-order valence-corrected chi connectivity index (χ0v) is 18.5. The smallest absolute Gasteiger partial charge is 0.252 e. The summed E-state index contributed by atoms with van der Waals surface area (Å²) >= 11 is 0. The zero-order chi connectivity index (χ0) is 21.2. The monoisotopic (exact) mass is 421 g/mol. The number of piperidine rings is 1. The minimum atomic E-state index is -3.15. The second-order valence-corrected chi connectivity index (χ2v) is 10.1. The Balaban J connectivity index is 1.88. The van der Waals surface area contributed by atoms with E-state index in [1.165, 1.54) is 10.6 Å². The Labute approximate surface area is 172 Å². The molecule has 3 heterocycles. The molecule has 0 aromatic carbocycles. The maximum atomic E-state index is 12.1. The molecule has 160 valence electrons. The minimum Gasteiger partial charge on any atom is -0.351 e. The minimum absolute atomic E-state index is 0.0985. The highest BCUT2D eigenvalue weighted by atomic mass is 32.2. The van der Waals surface area contributed by atoms with Gasteiger partial charge in [0.1, 0.15) is 5.65 Å². The summed E-state index contributed by atoms with van der Waals surface area (Å²) < 4.78 is 24.9. The molecule has 0 radical (unpaired) electrons. The number of anilines is 1. The third-order valence-electron chi connectivity index (χ3n) is 5.64. The largest absolute Gasteiger partial charge is 0.351 e. The molecule has 1 aliphatic heterocycles. The predicted octanol–water partition coefficient (Wildman–Crippen LogP) is 2.76. The summed E-state index contributed by atoms with van der Waals surface area (Å²) in [7, 11) is -3.15. The molecule has 0 bridgehead atoms. The normalized spacial score (nSPS) is 17.5. The number of hydrogen-bond acceptors (Lipinski definition) is 6. The Kier molecular flexibility index (Phi) is 6.58. The first kappa shape index (κ1) is 21.7. The number of pyridine rings is 1. The standard InChI is InChI=1S/C20H31N5O3S/c1-5-6-7-13(2)17-16-12-14(3)19(26)23-18(16)24-20(22-17)21-15-8-10-25(11-9-15)29(4,27)28/h12-13,15H,5-11H2,1-4H3,(H2,21,22,23,24,26). The summed E-state index contributed by atoms with van der Waals surface area (Å²) in [6.07, 6.45) is 5.89. The number of fused-ring (bicyclic) bond motifs is 1. The van der Waals surface area contributed by atoms with Crippen molar-refractivity contribution in [2.45, 2.75) is 64.8 Å². The van der Waals surface area contributed by atoms with Crippen molar-refractivity contribution in [2.24, 2.45) is 0 Å². The van der Waals surface area contributed by atoms with E-state index >= 15 is 0 Å². The van der Waals surface area contributed by atoms with Crippen LogP contribution in [0.15, 0.2) is 10.9 Å². The summed E-state index contributed by atoms with van der Waals surface area (Å²) in [5.41, 5.74) is 2.00. The molecule has 1 unspecified atom stereocenters. The quantitative estimate of drug-likeness (QED) is 0.712. The number of aromatic nitrogens is 3. The number of nitrogens with one attached hydrogen (secondary N) is 2. The van der Waals surface area contributed by atoms with E-state index in [-0.39, 0.29) is 17.5 Å². The fraction of sp³-hybridized carbons (Fsp3) is 0.650. The van der Waals surface area contributed by atoms with Gasteiger partial charge in [-0.1, -0.05) is 26.7 Å². The molecule has 2 N–H and O–H groups in total. The van der Waals surface area contributed by atoms with Crippen LogP contribution in [0.5, 0.6) is 0 Å². The molecule has 29 heavy (non-hydrogen) atoms. The molecule has 0 amide bonds. The van der Waals surface area contributed by atoms with Crippen LogP contribution in [0.3, 0.4) is 0 Å². The third-order valence-corrected chi connectivity index (χ3v) is 6.94. The topological polar surface area (TPSA) is 108 Å². The van der Waals surface area contributed by atoms with E-state index < -0.39 is 10.0 Å². The summed E-state index contributed by atoms with van der Waals surface area (Å²) in [5, 5.41) is 4.26. The van der Waals surface area contributed by atoms with E-state index in [2.05, 4.69) is 29.1 Å². The zero-order valence-electron chi connectivity index (χ0n) is 17.7. The maximum Gasteiger partial charge on any atom is 0.252 e. The number of unbranched alkanes of at least 4 members (excludes halogenated alkanes) is 1. The summed E-state index contributed by atoms with van der Waals surface area (Å²) in [6, 6.07) is 1.97. The van der Waals surface area contributed by atoms with Crippen LogP contribution < -0.4 is 10.9 Å². The van der Waals surface area contributed by atoms with Gasteiger partial charge in [0.15, 0.2) is 0 Å². The summed E-state index contributed by atoms with van der Waals surface area (Å²) in [4.78, 5) is 24.4. The van der Waals surface area contributed by atoms with Gasteiger partial charge in [-0.05, 0) is 38.2 Å². The van der Waals surface area contributed by atoms with Crippen LogP contribution in [0.2, 0.25) is 0 Å². The SMILES string of the molecule is CCCCC(C)c1nc(NC2CCN(S(C)(=O)=O)CC2)nc2[nH]c(=O)c(C)cc12. The van der Waals surface area contributed by atoms with Gasteiger partial charge >= 0.3 is 0 Å². The lowest BCUT2D eigenvalue weighted by Gasteiger charge is -2.30. The number of hydrogen-bond donors (Lipinski definition) is 2. The van der Waals surface area contributed by atoms with Gasteiger partial charge < -0.3 is 10.3 Å². The van der Waals surface area contributed by atoms with E-state index in [0.29, 0.717) is 43.1 Å². The molecule has 3 rings (SSSR count). The van der Waals surface area contributed by atoms with Gasteiger partial charge in [0, 0.05) is 30.1 Å². The molecule has 1 fully saturated rings. The fourth-order valence-corrected chi connectivity index (χ4v) is 4.69. The summed E-state index contributed by atoms with van der Waals surface area (Å²) in [5.74, 6) is 0.742. The number of aromatic amines is 1. The predicted molar refractivity (Wildman–Crippen MR) is 116 cm³/mol. The molecule has 9 heteroatoms. The third kappa shape index (κ3) is 5.14. The van der Waals surface area contributed by atoms with Crippen molar-refractivity contribution in [3.8, 4) is 0 Å². The van der Waals surface area contributed by atoms with Crippen molar-refractivity contribution in [1.29, 1.82) is 0 Å². The molecule has 1 aliphatic rings. The highest BCUT2D eigenvalue weighted by Crippen LogP contribution is 2.27. The molecule has 1 saturated heterocycles. The van der Waals surface area contributed by atoms with E-state index in [0.717, 1.165) is 30.3 Å². The number of aryl methyl sites for hydroxylation is 1. The van der Waals surface area contributed by atoms with Gasteiger partial charge in [-0.3, -0.25) is 4.79 Å². The van der Waals surface area contributed by atoms with E-state index in [1.807, 2.05) is 6.07 Å². The van der Waals surface area contributed by atoms with Crippen molar-refractivity contribution < 1.29 is 8.42 Å². The van der Waals surface area contributed by atoms with Crippen LogP contribution in [0.4, 0.5) is 5.95 Å². The van der Waals surface area contributed by atoms with Gasteiger partial charge in [-0.15, -0.1) is 0 Å². The molecule has 2 aromatic heterocycles. The lowest BCUT2D eigenvalue weighted by molar-refractivity contribution is 0.331. The molecule has 2 aromatic rings. The highest BCUT2D eigenvalue weighted by molar-refractivity contribution is 7.88. The Bertz CT molecular complexity index is 1030. The van der Waals surface area contributed by atoms with Crippen LogP contribution in [0.1, 0.15) is 63.1 Å². The van der Waals surface area contributed by atoms with Gasteiger partial charge in [0.25, 0.3) is 5.56 Å². The highest BCUT2D eigenvalue weighted by Gasteiger charge is 2.25. The van der Waals surface area contributed by atoms with Crippen LogP contribution >= 0.6 is 0 Å². The maximum absolute atomic E-state index is 12.1. The van der Waals surface area contributed by atoms with Crippen molar-refractivity contribution in [3.63, 3.8) is 0 Å². The van der Waals surface area contributed by atoms with E-state index in [4.69, 9.17) is 4.98 Å². The van der Waals surface area contributed by atoms with Gasteiger partial charge in [-0.2, -0.15) is 4.98 Å². The Morgan fingerprint density at radius 2 is 2.00 bits per heavy atom. The fourth-order valence-electron chi connectivity index (χ4n) is 3.81. The van der Waals surface area contributed by atoms with E-state index in [1.54, 1.807) is 6.92 Å². The molecule has 0 aliphatic carbocycles. The van der Waals surface area contributed by atoms with Gasteiger partial charge in [0.05, 0.1) is 11.9 Å². The van der Waals surface area contributed by atoms with Gasteiger partial charge in [-0.25, -0.2) is 17.7 Å². The van der Waals surface area contributed by atoms with Crippen LogP contribution in [-0.2, 0) is 10.0 Å². The van der Waals surface area contributed by atoms with Crippen LogP contribution in [0.25, 0.3) is 11.0 Å².